The molecule has 1 aliphatic heterocycles. The quantitative estimate of drug-likeness (QED) is 0.783. The van der Waals surface area contributed by atoms with Crippen LogP contribution in [0.5, 0.6) is 0 Å². The van der Waals surface area contributed by atoms with E-state index in [1.807, 2.05) is 19.1 Å². The summed E-state index contributed by atoms with van der Waals surface area (Å²) in [5.74, 6) is 0.661. The molecule has 3 rings (SSSR count). The second-order valence-corrected chi connectivity index (χ2v) is 8.50. The third-order valence-corrected chi connectivity index (χ3v) is 6.65. The van der Waals surface area contributed by atoms with E-state index < -0.39 is 10.0 Å². The summed E-state index contributed by atoms with van der Waals surface area (Å²) in [4.78, 5) is 0.402. The van der Waals surface area contributed by atoms with E-state index in [-0.39, 0.29) is 0 Å². The van der Waals surface area contributed by atoms with Crippen LogP contribution in [0.1, 0.15) is 25.8 Å². The van der Waals surface area contributed by atoms with Gasteiger partial charge in [0.25, 0.3) is 0 Å². The van der Waals surface area contributed by atoms with Gasteiger partial charge in [0, 0.05) is 19.0 Å². The fraction of sp³-hybridized carbons (Fsp3) is 0.444. The first kappa shape index (κ1) is 15.5. The minimum Gasteiger partial charge on any atom is -0.207 e. The summed E-state index contributed by atoms with van der Waals surface area (Å²) in [7, 11) is -3.39. The first-order chi connectivity index (χ1) is 10.4. The average Bonchev–Trinajstić information content (AvgIpc) is 2.92. The highest BCUT2D eigenvalue weighted by molar-refractivity contribution is 7.89. The lowest BCUT2D eigenvalue weighted by Gasteiger charge is -2.24. The number of allylic oxidation sites excluding steroid dienone is 2. The maximum atomic E-state index is 12.9. The highest BCUT2D eigenvalue weighted by atomic mass is 32.2. The summed E-state index contributed by atoms with van der Waals surface area (Å²) in [5, 5.41) is 0. The normalized spacial score (nSPS) is 25.3. The minimum absolute atomic E-state index is 0.318. The molecule has 0 bridgehead atoms. The Labute approximate surface area is 133 Å². The molecule has 1 fully saturated rings. The van der Waals surface area contributed by atoms with Crippen LogP contribution in [-0.4, -0.2) is 25.8 Å². The van der Waals surface area contributed by atoms with Gasteiger partial charge in [-0.25, -0.2) is 8.42 Å². The predicted molar refractivity (Wildman–Crippen MR) is 89.0 cm³/mol. The first-order valence-electron chi connectivity index (χ1n) is 7.79. The van der Waals surface area contributed by atoms with Gasteiger partial charge in [0.1, 0.15) is 0 Å². The Bertz CT molecular complexity index is 725. The molecule has 1 aliphatic carbocycles. The van der Waals surface area contributed by atoms with Gasteiger partial charge in [-0.1, -0.05) is 41.0 Å². The molecule has 0 amide bonds. The molecular weight excluding hydrogens is 294 g/mol. The Kier molecular flexibility index (Phi) is 4.00. The van der Waals surface area contributed by atoms with E-state index in [0.29, 0.717) is 29.8 Å². The lowest BCUT2D eigenvalue weighted by atomic mass is 9.80. The number of fused-ring (bicyclic) bond motifs is 1. The van der Waals surface area contributed by atoms with Gasteiger partial charge in [-0.2, -0.15) is 4.31 Å². The van der Waals surface area contributed by atoms with Crippen molar-refractivity contribution < 1.29 is 8.42 Å². The molecule has 3 nitrogen and oxygen atoms in total. The zero-order valence-electron chi connectivity index (χ0n) is 13.4. The Morgan fingerprint density at radius 1 is 1.14 bits per heavy atom. The van der Waals surface area contributed by atoms with Crippen molar-refractivity contribution in [2.75, 3.05) is 13.1 Å². The molecule has 1 aromatic carbocycles. The molecule has 0 radical (unpaired) electrons. The van der Waals surface area contributed by atoms with Crippen LogP contribution in [-0.2, 0) is 10.0 Å². The Morgan fingerprint density at radius 3 is 2.45 bits per heavy atom. The SMILES string of the molecule is CC(C)=C1CC=C[C@@H]2CN(S(=O)(=O)c3ccc(C)cc3)C[C@@H]12. The van der Waals surface area contributed by atoms with Gasteiger partial charge in [0.2, 0.25) is 10.0 Å². The van der Waals surface area contributed by atoms with Crippen molar-refractivity contribution in [1.82, 2.24) is 4.31 Å². The number of hydrogen-bond donors (Lipinski definition) is 0. The van der Waals surface area contributed by atoms with E-state index in [2.05, 4.69) is 26.0 Å². The monoisotopic (exact) mass is 317 g/mol. The van der Waals surface area contributed by atoms with E-state index in [4.69, 9.17) is 0 Å². The Morgan fingerprint density at radius 2 is 1.82 bits per heavy atom. The number of nitrogens with zero attached hydrogens (tertiary/aromatic N) is 1. The lowest BCUT2D eigenvalue weighted by molar-refractivity contribution is 0.466. The number of hydrogen-bond acceptors (Lipinski definition) is 2. The summed E-state index contributed by atoms with van der Waals surface area (Å²) in [5.41, 5.74) is 3.81. The maximum absolute atomic E-state index is 12.9. The molecule has 0 aromatic heterocycles. The van der Waals surface area contributed by atoms with Crippen LogP contribution in [0, 0.1) is 18.8 Å². The number of rotatable bonds is 2. The summed E-state index contributed by atoms with van der Waals surface area (Å²) >= 11 is 0. The van der Waals surface area contributed by atoms with Crippen LogP contribution in [0.3, 0.4) is 0 Å². The van der Waals surface area contributed by atoms with Crippen LogP contribution in [0.15, 0.2) is 52.5 Å². The van der Waals surface area contributed by atoms with Crippen LogP contribution in [0.2, 0.25) is 0 Å². The van der Waals surface area contributed by atoms with E-state index in [1.165, 1.54) is 11.1 Å². The summed E-state index contributed by atoms with van der Waals surface area (Å²) in [6, 6.07) is 7.14. The van der Waals surface area contributed by atoms with Crippen molar-refractivity contribution in [2.45, 2.75) is 32.1 Å². The Hall–Kier alpha value is -1.39. The molecular formula is C18H23NO2S. The van der Waals surface area contributed by atoms with Crippen molar-refractivity contribution in [2.24, 2.45) is 11.8 Å². The van der Waals surface area contributed by atoms with Crippen LogP contribution < -0.4 is 0 Å². The molecule has 2 atom stereocenters. The average molecular weight is 317 g/mol. The zero-order valence-corrected chi connectivity index (χ0v) is 14.2. The molecule has 0 spiro atoms. The number of aryl methyl sites for hydroxylation is 1. The fourth-order valence-electron chi connectivity index (χ4n) is 3.51. The molecule has 1 heterocycles. The molecule has 0 saturated carbocycles. The number of sulfonamides is 1. The molecule has 22 heavy (non-hydrogen) atoms. The highest BCUT2D eigenvalue weighted by Gasteiger charge is 2.40. The fourth-order valence-corrected chi connectivity index (χ4v) is 5.01. The van der Waals surface area contributed by atoms with E-state index in [0.717, 1.165) is 12.0 Å². The van der Waals surface area contributed by atoms with Crippen molar-refractivity contribution in [3.8, 4) is 0 Å². The van der Waals surface area contributed by atoms with Gasteiger partial charge < -0.3 is 0 Å². The molecule has 118 valence electrons. The van der Waals surface area contributed by atoms with Gasteiger partial charge in [-0.05, 0) is 45.2 Å². The summed E-state index contributed by atoms with van der Waals surface area (Å²) < 4.78 is 27.4. The third-order valence-electron chi connectivity index (χ3n) is 4.80. The van der Waals surface area contributed by atoms with Gasteiger partial charge in [0.05, 0.1) is 4.90 Å². The van der Waals surface area contributed by atoms with Gasteiger partial charge in [-0.15, -0.1) is 0 Å². The predicted octanol–water partition coefficient (Wildman–Crippen LogP) is 3.53. The largest absolute Gasteiger partial charge is 0.243 e. The topological polar surface area (TPSA) is 37.4 Å². The second-order valence-electron chi connectivity index (χ2n) is 6.56. The van der Waals surface area contributed by atoms with Crippen molar-refractivity contribution in [3.05, 3.63) is 53.1 Å². The minimum atomic E-state index is -3.39. The van der Waals surface area contributed by atoms with Gasteiger partial charge >= 0.3 is 0 Å². The third kappa shape index (κ3) is 2.66. The first-order valence-corrected chi connectivity index (χ1v) is 9.23. The smallest absolute Gasteiger partial charge is 0.207 e. The van der Waals surface area contributed by atoms with Crippen molar-refractivity contribution >= 4 is 10.0 Å². The summed E-state index contributed by atoms with van der Waals surface area (Å²) in [6.45, 7) is 7.41. The molecule has 4 heteroatoms. The number of benzene rings is 1. The lowest BCUT2D eigenvalue weighted by Crippen LogP contribution is -2.29. The second kappa shape index (κ2) is 5.67. The molecule has 2 aliphatic rings. The maximum Gasteiger partial charge on any atom is 0.243 e. The molecule has 1 aromatic rings. The highest BCUT2D eigenvalue weighted by Crippen LogP contribution is 2.39. The summed E-state index contributed by atoms with van der Waals surface area (Å²) in [6.07, 6.45) is 5.34. The standard InChI is InChI=1S/C18H23NO2S/c1-13(2)17-6-4-5-15-11-19(12-18(15)17)22(20,21)16-9-7-14(3)8-10-16/h4-5,7-10,15,18H,6,11-12H2,1-3H3/t15-,18-/m1/s1. The molecule has 0 N–H and O–H groups in total. The van der Waals surface area contributed by atoms with Crippen LogP contribution in [0.25, 0.3) is 0 Å². The van der Waals surface area contributed by atoms with Crippen molar-refractivity contribution in [1.29, 1.82) is 0 Å². The van der Waals surface area contributed by atoms with Crippen LogP contribution >= 0.6 is 0 Å². The van der Waals surface area contributed by atoms with E-state index in [9.17, 15) is 8.42 Å². The van der Waals surface area contributed by atoms with E-state index in [1.54, 1.807) is 16.4 Å². The van der Waals surface area contributed by atoms with Gasteiger partial charge in [-0.3, -0.25) is 0 Å². The van der Waals surface area contributed by atoms with Crippen molar-refractivity contribution in [3.63, 3.8) is 0 Å². The molecule has 1 saturated heterocycles. The van der Waals surface area contributed by atoms with E-state index >= 15 is 0 Å². The molecule has 0 unspecified atom stereocenters. The van der Waals surface area contributed by atoms with Gasteiger partial charge in [0.15, 0.2) is 0 Å². The Balaban J connectivity index is 1.90. The zero-order chi connectivity index (χ0) is 15.9. The van der Waals surface area contributed by atoms with Crippen LogP contribution in [0.4, 0.5) is 0 Å².